The van der Waals surface area contributed by atoms with Gasteiger partial charge in [0.15, 0.2) is 0 Å². The normalized spacial score (nSPS) is 14.1. The predicted octanol–water partition coefficient (Wildman–Crippen LogP) is 5.41. The lowest BCUT2D eigenvalue weighted by molar-refractivity contribution is 0.102. The molecule has 5 rings (SSSR count). The van der Waals surface area contributed by atoms with Crippen molar-refractivity contribution in [2.24, 2.45) is 13.0 Å². The molecular formula is C24H25N3O. The third-order valence-electron chi connectivity index (χ3n) is 6.09. The van der Waals surface area contributed by atoms with Crippen LogP contribution in [-0.4, -0.2) is 15.0 Å². The minimum absolute atomic E-state index is 0.0657. The smallest absolute Gasteiger partial charge is 0.272 e. The van der Waals surface area contributed by atoms with Crippen molar-refractivity contribution in [1.29, 1.82) is 0 Å². The van der Waals surface area contributed by atoms with Crippen molar-refractivity contribution in [3.05, 3.63) is 65.4 Å². The molecule has 0 saturated heterocycles. The molecule has 4 heteroatoms. The van der Waals surface area contributed by atoms with Gasteiger partial charge in [0.1, 0.15) is 5.69 Å². The van der Waals surface area contributed by atoms with Crippen molar-refractivity contribution in [2.75, 3.05) is 5.32 Å². The Morgan fingerprint density at radius 1 is 1.04 bits per heavy atom. The van der Waals surface area contributed by atoms with Crippen LogP contribution in [-0.2, 0) is 13.6 Å². The molecule has 1 amide bonds. The summed E-state index contributed by atoms with van der Waals surface area (Å²) in [7, 11) is 1.99. The van der Waals surface area contributed by atoms with Crippen molar-refractivity contribution in [1.82, 2.24) is 9.13 Å². The molecule has 1 fully saturated rings. The summed E-state index contributed by atoms with van der Waals surface area (Å²) < 4.78 is 4.44. The predicted molar refractivity (Wildman–Crippen MR) is 115 cm³/mol. The fourth-order valence-corrected chi connectivity index (χ4v) is 4.14. The number of nitrogens with one attached hydrogen (secondary N) is 1. The molecule has 2 aromatic carbocycles. The van der Waals surface area contributed by atoms with Gasteiger partial charge >= 0.3 is 0 Å². The number of amides is 1. The number of aryl methyl sites for hydroxylation is 3. The monoisotopic (exact) mass is 371 g/mol. The van der Waals surface area contributed by atoms with Crippen LogP contribution < -0.4 is 5.32 Å². The second kappa shape index (κ2) is 6.26. The molecule has 142 valence electrons. The lowest BCUT2D eigenvalue weighted by atomic mass is 10.1. The Morgan fingerprint density at radius 3 is 2.57 bits per heavy atom. The molecule has 0 radical (unpaired) electrons. The number of rotatable bonds is 4. The molecule has 2 heterocycles. The van der Waals surface area contributed by atoms with Crippen LogP contribution in [0.25, 0.3) is 21.9 Å². The van der Waals surface area contributed by atoms with Crippen LogP contribution in [0.2, 0.25) is 0 Å². The van der Waals surface area contributed by atoms with Crippen LogP contribution in [0.3, 0.4) is 0 Å². The number of anilines is 1. The van der Waals surface area contributed by atoms with Gasteiger partial charge in [0.05, 0.1) is 16.6 Å². The van der Waals surface area contributed by atoms with Crippen LogP contribution >= 0.6 is 0 Å². The number of carbonyl (C=O) groups is 1. The Hall–Kier alpha value is -3.01. The summed E-state index contributed by atoms with van der Waals surface area (Å²) in [6.07, 6.45) is 2.61. The van der Waals surface area contributed by atoms with Crippen molar-refractivity contribution in [3.8, 4) is 0 Å². The summed E-state index contributed by atoms with van der Waals surface area (Å²) in [5, 5.41) is 4.28. The summed E-state index contributed by atoms with van der Waals surface area (Å²) in [6, 6.07) is 16.6. The highest BCUT2D eigenvalue weighted by molar-refractivity contribution is 6.12. The number of hydrogen-bond acceptors (Lipinski definition) is 1. The first-order valence-electron chi connectivity index (χ1n) is 9.98. The molecule has 0 aliphatic heterocycles. The highest BCUT2D eigenvalue weighted by Gasteiger charge is 2.26. The molecule has 1 aliphatic carbocycles. The van der Waals surface area contributed by atoms with Crippen LogP contribution in [0.15, 0.2) is 48.5 Å². The zero-order chi connectivity index (χ0) is 19.4. The SMILES string of the molecule is Cc1ccc(NC(=O)c2cc3c(c4ccccc4n3CC3CC3)n2C)cc1C. The molecule has 4 aromatic rings. The maximum absolute atomic E-state index is 13.0. The Kier molecular flexibility index (Phi) is 3.83. The molecule has 0 unspecified atom stereocenters. The van der Waals surface area contributed by atoms with Gasteiger partial charge < -0.3 is 14.5 Å². The van der Waals surface area contributed by atoms with Gasteiger partial charge in [0.2, 0.25) is 0 Å². The number of hydrogen-bond donors (Lipinski definition) is 1. The third kappa shape index (κ3) is 2.71. The van der Waals surface area contributed by atoms with Crippen molar-refractivity contribution < 1.29 is 4.79 Å². The van der Waals surface area contributed by atoms with E-state index < -0.39 is 0 Å². The fraction of sp³-hybridized carbons (Fsp3) is 0.292. The maximum atomic E-state index is 13.0. The Labute approximate surface area is 164 Å². The second-order valence-electron chi connectivity index (χ2n) is 8.15. The van der Waals surface area contributed by atoms with E-state index in [9.17, 15) is 4.79 Å². The van der Waals surface area contributed by atoms with Gasteiger partial charge in [0, 0.05) is 24.7 Å². The van der Waals surface area contributed by atoms with Gasteiger partial charge in [-0.2, -0.15) is 0 Å². The van der Waals surface area contributed by atoms with Gasteiger partial charge in [-0.3, -0.25) is 4.79 Å². The van der Waals surface area contributed by atoms with E-state index in [1.165, 1.54) is 34.9 Å². The molecule has 0 atom stereocenters. The summed E-state index contributed by atoms with van der Waals surface area (Å²) >= 11 is 0. The first kappa shape index (κ1) is 17.1. The molecule has 28 heavy (non-hydrogen) atoms. The van der Waals surface area contributed by atoms with Crippen LogP contribution in [0.4, 0.5) is 5.69 Å². The fourth-order valence-electron chi connectivity index (χ4n) is 4.14. The van der Waals surface area contributed by atoms with Gasteiger partial charge in [-0.25, -0.2) is 0 Å². The largest absolute Gasteiger partial charge is 0.339 e. The number of nitrogens with zero attached hydrogens (tertiary/aromatic N) is 2. The van der Waals surface area contributed by atoms with E-state index in [2.05, 4.69) is 48.0 Å². The van der Waals surface area contributed by atoms with E-state index in [1.54, 1.807) is 0 Å². The minimum Gasteiger partial charge on any atom is -0.339 e. The zero-order valence-corrected chi connectivity index (χ0v) is 16.6. The standard InChI is InChI=1S/C24H25N3O/c1-15-8-11-18(12-16(15)2)25-24(28)22-13-21-23(26(22)3)19-6-4-5-7-20(19)27(21)14-17-9-10-17/h4-8,11-13,17H,9-10,14H2,1-3H3,(H,25,28). The summed E-state index contributed by atoms with van der Waals surface area (Å²) in [5.41, 5.74) is 7.49. The topological polar surface area (TPSA) is 39.0 Å². The first-order chi connectivity index (χ1) is 13.5. The number of fused-ring (bicyclic) bond motifs is 3. The number of benzene rings is 2. The van der Waals surface area contributed by atoms with Gasteiger partial charge in [0.25, 0.3) is 5.91 Å². The highest BCUT2D eigenvalue weighted by atomic mass is 16.1. The van der Waals surface area contributed by atoms with Crippen LogP contribution in [0.5, 0.6) is 0 Å². The number of carbonyl (C=O) groups excluding carboxylic acids is 1. The first-order valence-corrected chi connectivity index (χ1v) is 9.98. The lowest BCUT2D eigenvalue weighted by Gasteiger charge is -2.09. The van der Waals surface area contributed by atoms with E-state index in [-0.39, 0.29) is 5.91 Å². The Bertz CT molecular complexity index is 1220. The van der Waals surface area contributed by atoms with E-state index in [4.69, 9.17) is 0 Å². The van der Waals surface area contributed by atoms with E-state index in [0.717, 1.165) is 29.2 Å². The van der Waals surface area contributed by atoms with Crippen LogP contribution in [0.1, 0.15) is 34.5 Å². The maximum Gasteiger partial charge on any atom is 0.272 e. The number of para-hydroxylation sites is 1. The van der Waals surface area contributed by atoms with E-state index in [1.807, 2.05) is 35.9 Å². The number of aromatic nitrogens is 2. The second-order valence-corrected chi connectivity index (χ2v) is 8.15. The lowest BCUT2D eigenvalue weighted by Crippen LogP contribution is -2.15. The summed E-state index contributed by atoms with van der Waals surface area (Å²) in [6.45, 7) is 5.18. The molecule has 1 N–H and O–H groups in total. The Morgan fingerprint density at radius 2 is 1.82 bits per heavy atom. The molecule has 1 aliphatic rings. The molecule has 4 nitrogen and oxygen atoms in total. The van der Waals surface area contributed by atoms with Gasteiger partial charge in [-0.15, -0.1) is 0 Å². The van der Waals surface area contributed by atoms with E-state index >= 15 is 0 Å². The molecule has 1 saturated carbocycles. The average Bonchev–Trinajstić information content (AvgIpc) is 3.36. The average molecular weight is 371 g/mol. The molecular weight excluding hydrogens is 346 g/mol. The van der Waals surface area contributed by atoms with Crippen LogP contribution in [0, 0.1) is 19.8 Å². The highest BCUT2D eigenvalue weighted by Crippen LogP contribution is 2.37. The molecule has 0 bridgehead atoms. The quantitative estimate of drug-likeness (QED) is 0.512. The Balaban J connectivity index is 1.59. The zero-order valence-electron chi connectivity index (χ0n) is 16.6. The molecule has 0 spiro atoms. The minimum atomic E-state index is -0.0657. The summed E-state index contributed by atoms with van der Waals surface area (Å²) in [5.74, 6) is 0.705. The van der Waals surface area contributed by atoms with Gasteiger partial charge in [-0.05, 0) is 68.0 Å². The third-order valence-corrected chi connectivity index (χ3v) is 6.09. The molecule has 2 aromatic heterocycles. The van der Waals surface area contributed by atoms with Crippen molar-refractivity contribution in [2.45, 2.75) is 33.2 Å². The van der Waals surface area contributed by atoms with Crippen molar-refractivity contribution >= 4 is 33.5 Å². The summed E-state index contributed by atoms with van der Waals surface area (Å²) in [4.78, 5) is 13.0. The van der Waals surface area contributed by atoms with E-state index in [0.29, 0.717) is 5.69 Å². The van der Waals surface area contributed by atoms with Gasteiger partial charge in [-0.1, -0.05) is 24.3 Å². The van der Waals surface area contributed by atoms with Crippen molar-refractivity contribution in [3.63, 3.8) is 0 Å².